The summed E-state index contributed by atoms with van der Waals surface area (Å²) in [5, 5.41) is 17.6. The van der Waals surface area contributed by atoms with Gasteiger partial charge in [-0.3, -0.25) is 0 Å². The van der Waals surface area contributed by atoms with Crippen LogP contribution in [0.4, 0.5) is 5.82 Å². The van der Waals surface area contributed by atoms with Gasteiger partial charge < -0.3 is 15.8 Å². The van der Waals surface area contributed by atoms with Crippen LogP contribution in [0.5, 0.6) is 0 Å². The lowest BCUT2D eigenvalue weighted by Crippen LogP contribution is -2.18. The largest absolute Gasteiger partial charge is 0.410 e. The van der Waals surface area contributed by atoms with Gasteiger partial charge in [-0.05, 0) is 17.4 Å². The monoisotopic (exact) mass is 185 g/mol. The molecule has 0 spiro atoms. The highest BCUT2D eigenvalue weighted by Gasteiger charge is 2.13. The summed E-state index contributed by atoms with van der Waals surface area (Å²) in [7, 11) is 0. The summed E-state index contributed by atoms with van der Waals surface area (Å²) in [5.41, 5.74) is 5.38. The van der Waals surface area contributed by atoms with Crippen molar-refractivity contribution >= 4 is 5.82 Å². The molecule has 0 fully saturated rings. The van der Waals surface area contributed by atoms with E-state index in [9.17, 15) is 10.1 Å². The summed E-state index contributed by atoms with van der Waals surface area (Å²) >= 11 is 0. The molecule has 0 bridgehead atoms. The van der Waals surface area contributed by atoms with Gasteiger partial charge in [-0.2, -0.15) is 0 Å². The molecule has 1 heterocycles. The number of rotatable bonds is 4. The molecule has 1 rings (SSSR count). The third-order valence-electron chi connectivity index (χ3n) is 1.59. The predicted octanol–water partition coefficient (Wildman–Crippen LogP) is -0.219. The number of aromatic nitrogens is 3. The molecular formula is C6H11N5O2. The molecule has 0 aliphatic heterocycles. The van der Waals surface area contributed by atoms with Gasteiger partial charge in [0.15, 0.2) is 6.20 Å². The van der Waals surface area contributed by atoms with E-state index in [1.807, 2.05) is 6.92 Å². The van der Waals surface area contributed by atoms with E-state index in [1.54, 1.807) is 0 Å². The fourth-order valence-electron chi connectivity index (χ4n) is 0.813. The molecular weight excluding hydrogens is 174 g/mol. The molecule has 0 saturated carbocycles. The molecule has 0 saturated heterocycles. The lowest BCUT2D eigenvalue weighted by molar-refractivity contribution is -0.389. The van der Waals surface area contributed by atoms with Crippen molar-refractivity contribution in [1.82, 2.24) is 15.0 Å². The molecule has 0 aliphatic rings. The van der Waals surface area contributed by atoms with E-state index in [2.05, 4.69) is 10.2 Å². The van der Waals surface area contributed by atoms with Gasteiger partial charge in [0.05, 0.1) is 11.6 Å². The predicted molar refractivity (Wildman–Crippen MR) is 44.9 cm³/mol. The van der Waals surface area contributed by atoms with Crippen molar-refractivity contribution in [1.29, 1.82) is 0 Å². The van der Waals surface area contributed by atoms with Gasteiger partial charge in [0.1, 0.15) is 0 Å². The smallest absolute Gasteiger partial charge is 0.358 e. The molecule has 2 N–H and O–H groups in total. The highest BCUT2D eigenvalue weighted by atomic mass is 16.6. The second kappa shape index (κ2) is 3.94. The molecule has 0 amide bonds. The number of hydrogen-bond acceptors (Lipinski definition) is 5. The van der Waals surface area contributed by atoms with Crippen molar-refractivity contribution in [2.45, 2.75) is 13.5 Å². The van der Waals surface area contributed by atoms with Crippen molar-refractivity contribution in [3.8, 4) is 0 Å². The van der Waals surface area contributed by atoms with Crippen LogP contribution in [0.2, 0.25) is 0 Å². The zero-order valence-corrected chi connectivity index (χ0v) is 7.25. The van der Waals surface area contributed by atoms with E-state index in [-0.39, 0.29) is 11.7 Å². The van der Waals surface area contributed by atoms with E-state index in [1.165, 1.54) is 4.80 Å². The Balaban J connectivity index is 2.64. The summed E-state index contributed by atoms with van der Waals surface area (Å²) in [6.45, 7) is 2.94. The van der Waals surface area contributed by atoms with Crippen molar-refractivity contribution in [3.05, 3.63) is 16.3 Å². The Morgan fingerprint density at radius 3 is 3.00 bits per heavy atom. The van der Waals surface area contributed by atoms with E-state index >= 15 is 0 Å². The second-order valence-corrected chi connectivity index (χ2v) is 2.86. The van der Waals surface area contributed by atoms with Crippen molar-refractivity contribution in [3.63, 3.8) is 0 Å². The fourth-order valence-corrected chi connectivity index (χ4v) is 0.813. The molecule has 1 atom stereocenters. The van der Waals surface area contributed by atoms with E-state index in [0.29, 0.717) is 13.1 Å². The first-order chi connectivity index (χ1) is 6.13. The Kier molecular flexibility index (Phi) is 2.91. The van der Waals surface area contributed by atoms with Crippen LogP contribution in [0.25, 0.3) is 0 Å². The zero-order valence-electron chi connectivity index (χ0n) is 7.25. The Labute approximate surface area is 74.7 Å². The number of nitrogens with two attached hydrogens (primary N) is 1. The SMILES string of the molecule is CC(CN)Cn1ncc([N+](=O)[O-])n1. The third-order valence-corrected chi connectivity index (χ3v) is 1.59. The average molecular weight is 185 g/mol. The Morgan fingerprint density at radius 2 is 2.54 bits per heavy atom. The van der Waals surface area contributed by atoms with Gasteiger partial charge in [0.2, 0.25) is 0 Å². The molecule has 7 nitrogen and oxygen atoms in total. The van der Waals surface area contributed by atoms with Gasteiger partial charge >= 0.3 is 5.82 Å². The number of hydrogen-bond donors (Lipinski definition) is 1. The first-order valence-corrected chi connectivity index (χ1v) is 3.88. The van der Waals surface area contributed by atoms with E-state index in [4.69, 9.17) is 5.73 Å². The Morgan fingerprint density at radius 1 is 1.85 bits per heavy atom. The number of nitrogens with zero attached hydrogens (tertiary/aromatic N) is 4. The average Bonchev–Trinajstić information content (AvgIpc) is 2.52. The molecule has 0 aromatic carbocycles. The van der Waals surface area contributed by atoms with Crippen LogP contribution >= 0.6 is 0 Å². The van der Waals surface area contributed by atoms with E-state index < -0.39 is 4.92 Å². The maximum absolute atomic E-state index is 10.2. The molecule has 7 heteroatoms. The minimum atomic E-state index is -0.573. The molecule has 1 unspecified atom stereocenters. The lowest BCUT2D eigenvalue weighted by atomic mass is 10.2. The lowest BCUT2D eigenvalue weighted by Gasteiger charge is -2.02. The summed E-state index contributed by atoms with van der Waals surface area (Å²) < 4.78 is 0. The zero-order chi connectivity index (χ0) is 9.84. The molecule has 0 radical (unpaired) electrons. The van der Waals surface area contributed by atoms with Crippen LogP contribution in [0, 0.1) is 16.0 Å². The van der Waals surface area contributed by atoms with Crippen molar-refractivity contribution in [2.75, 3.05) is 6.54 Å². The normalized spacial score (nSPS) is 12.8. The fraction of sp³-hybridized carbons (Fsp3) is 0.667. The van der Waals surface area contributed by atoms with Gasteiger partial charge in [-0.1, -0.05) is 11.7 Å². The highest BCUT2D eigenvalue weighted by Crippen LogP contribution is 2.03. The summed E-state index contributed by atoms with van der Waals surface area (Å²) in [4.78, 5) is 10.9. The minimum Gasteiger partial charge on any atom is -0.358 e. The Bertz CT molecular complexity index is 297. The quantitative estimate of drug-likeness (QED) is 0.516. The van der Waals surface area contributed by atoms with Crippen LogP contribution in [-0.4, -0.2) is 26.5 Å². The third kappa shape index (κ3) is 2.48. The molecule has 0 aliphatic carbocycles. The van der Waals surface area contributed by atoms with Crippen molar-refractivity contribution < 1.29 is 4.92 Å². The highest BCUT2D eigenvalue weighted by molar-refractivity contribution is 5.07. The summed E-state index contributed by atoms with van der Waals surface area (Å²) in [6.07, 6.45) is 1.13. The molecule has 1 aromatic heterocycles. The van der Waals surface area contributed by atoms with Crippen LogP contribution in [-0.2, 0) is 6.54 Å². The van der Waals surface area contributed by atoms with Crippen LogP contribution in [0.1, 0.15) is 6.92 Å². The van der Waals surface area contributed by atoms with Crippen LogP contribution in [0.3, 0.4) is 0 Å². The second-order valence-electron chi connectivity index (χ2n) is 2.86. The standard InChI is InChI=1S/C6H11N5O2/c1-5(2-7)4-10-8-3-6(9-10)11(12)13/h3,5H,2,4,7H2,1H3. The van der Waals surface area contributed by atoms with Crippen LogP contribution in [0.15, 0.2) is 6.20 Å². The molecule has 13 heavy (non-hydrogen) atoms. The Hall–Kier alpha value is -1.50. The minimum absolute atomic E-state index is 0.215. The number of nitro groups is 1. The van der Waals surface area contributed by atoms with Gasteiger partial charge in [-0.15, -0.1) is 5.10 Å². The maximum atomic E-state index is 10.2. The molecule has 1 aromatic rings. The van der Waals surface area contributed by atoms with Crippen molar-refractivity contribution in [2.24, 2.45) is 11.7 Å². The molecule has 72 valence electrons. The van der Waals surface area contributed by atoms with Gasteiger partial charge in [0, 0.05) is 0 Å². The van der Waals surface area contributed by atoms with Gasteiger partial charge in [-0.25, -0.2) is 0 Å². The summed E-state index contributed by atoms with van der Waals surface area (Å²) in [5.74, 6) is -0.0174. The first-order valence-electron chi connectivity index (χ1n) is 3.88. The van der Waals surface area contributed by atoms with Crippen LogP contribution < -0.4 is 5.73 Å². The first kappa shape index (κ1) is 9.59. The maximum Gasteiger partial charge on any atom is 0.410 e. The van der Waals surface area contributed by atoms with Gasteiger partial charge in [0.25, 0.3) is 0 Å². The van der Waals surface area contributed by atoms with E-state index in [0.717, 1.165) is 6.20 Å². The summed E-state index contributed by atoms with van der Waals surface area (Å²) in [6, 6.07) is 0. The topological polar surface area (TPSA) is 99.9 Å².